The maximum absolute atomic E-state index is 14.0. The van der Waals surface area contributed by atoms with Crippen molar-refractivity contribution in [2.45, 2.75) is 84.7 Å². The molecule has 2 heterocycles. The van der Waals surface area contributed by atoms with E-state index in [2.05, 4.69) is 80.0 Å². The number of fused-ring (bicyclic) bond motifs is 1. The lowest BCUT2D eigenvalue weighted by atomic mass is 9.70. The largest absolute Gasteiger partial charge is 0.363 e. The van der Waals surface area contributed by atoms with E-state index in [0.717, 1.165) is 37.2 Å². The molecule has 4 aromatic rings. The van der Waals surface area contributed by atoms with E-state index < -0.39 is 5.41 Å². The molecular formula is C32H40N4OS. The van der Waals surface area contributed by atoms with Crippen molar-refractivity contribution in [2.75, 3.05) is 5.32 Å². The number of Topliss-reactive ketones (excluding diaryl/α,β-unsaturated/α-hetero) is 1. The number of ketones is 1. The van der Waals surface area contributed by atoms with Crippen molar-refractivity contribution < 1.29 is 4.79 Å². The first-order valence-corrected chi connectivity index (χ1v) is 14.7. The summed E-state index contributed by atoms with van der Waals surface area (Å²) < 4.78 is 3.12. The van der Waals surface area contributed by atoms with Gasteiger partial charge in [-0.3, -0.25) is 4.79 Å². The summed E-state index contributed by atoms with van der Waals surface area (Å²) in [6, 6.07) is 18.9. The number of aromatic nitrogens is 2. The molecule has 2 N–H and O–H groups in total. The SMILES string of the molecule is CCC[C@@H](Nc1c(C(=O)CC(=N)C(CC)(CC)c2csc3ccccc23)c(C)nn1CC)c1ccccc1. The van der Waals surface area contributed by atoms with E-state index in [0.29, 0.717) is 17.8 Å². The zero-order chi connectivity index (χ0) is 27.3. The molecule has 4 rings (SSSR count). The van der Waals surface area contributed by atoms with Crippen LogP contribution in [0.15, 0.2) is 60.0 Å². The lowest BCUT2D eigenvalue weighted by Gasteiger charge is -2.33. The second-order valence-corrected chi connectivity index (χ2v) is 10.9. The van der Waals surface area contributed by atoms with E-state index in [9.17, 15) is 10.2 Å². The zero-order valence-corrected chi connectivity index (χ0v) is 24.1. The second-order valence-electron chi connectivity index (χ2n) is 10.0. The molecule has 0 spiro atoms. The minimum atomic E-state index is -0.466. The number of carbonyl (C=O) groups is 1. The van der Waals surface area contributed by atoms with Gasteiger partial charge in [-0.05, 0) is 61.1 Å². The van der Waals surface area contributed by atoms with Crippen LogP contribution in [0.25, 0.3) is 10.1 Å². The van der Waals surface area contributed by atoms with Gasteiger partial charge in [-0.1, -0.05) is 75.7 Å². The number of carbonyl (C=O) groups excluding carboxylic acids is 1. The van der Waals surface area contributed by atoms with Crippen molar-refractivity contribution in [1.82, 2.24) is 9.78 Å². The van der Waals surface area contributed by atoms with Crippen LogP contribution in [-0.2, 0) is 12.0 Å². The predicted octanol–water partition coefficient (Wildman–Crippen LogP) is 8.73. The first-order valence-electron chi connectivity index (χ1n) is 13.9. The maximum atomic E-state index is 14.0. The fourth-order valence-electron chi connectivity index (χ4n) is 5.74. The van der Waals surface area contributed by atoms with Gasteiger partial charge >= 0.3 is 0 Å². The minimum Gasteiger partial charge on any atom is -0.363 e. The van der Waals surface area contributed by atoms with Crippen molar-refractivity contribution in [3.8, 4) is 0 Å². The van der Waals surface area contributed by atoms with E-state index in [4.69, 9.17) is 5.10 Å². The minimum absolute atomic E-state index is 0.0381. The Morgan fingerprint density at radius 3 is 2.39 bits per heavy atom. The van der Waals surface area contributed by atoms with Crippen molar-refractivity contribution in [1.29, 1.82) is 5.41 Å². The normalized spacial score (nSPS) is 12.6. The van der Waals surface area contributed by atoms with Crippen LogP contribution in [0.3, 0.4) is 0 Å². The topological polar surface area (TPSA) is 70.8 Å². The number of nitrogens with one attached hydrogen (secondary N) is 2. The number of thiophene rings is 1. The molecular weight excluding hydrogens is 488 g/mol. The summed E-state index contributed by atoms with van der Waals surface area (Å²) in [6.45, 7) is 11.1. The lowest BCUT2D eigenvalue weighted by Crippen LogP contribution is -2.35. The molecule has 200 valence electrons. The molecule has 0 fully saturated rings. The molecule has 1 atom stereocenters. The molecule has 2 aromatic carbocycles. The molecule has 0 radical (unpaired) electrons. The summed E-state index contributed by atoms with van der Waals surface area (Å²) >= 11 is 1.72. The van der Waals surface area contributed by atoms with Gasteiger partial charge in [-0.25, -0.2) is 4.68 Å². The van der Waals surface area contributed by atoms with Gasteiger partial charge in [0.15, 0.2) is 5.78 Å². The fourth-order valence-corrected chi connectivity index (χ4v) is 6.80. The highest BCUT2D eigenvalue weighted by atomic mass is 32.1. The Morgan fingerprint density at radius 1 is 1.05 bits per heavy atom. The molecule has 0 aliphatic heterocycles. The van der Waals surface area contributed by atoms with Gasteiger partial charge in [0, 0.05) is 28.8 Å². The van der Waals surface area contributed by atoms with E-state index in [1.54, 1.807) is 11.3 Å². The van der Waals surface area contributed by atoms with Gasteiger partial charge in [0.05, 0.1) is 17.3 Å². The molecule has 2 aromatic heterocycles. The molecule has 0 amide bonds. The van der Waals surface area contributed by atoms with Crippen LogP contribution in [-0.4, -0.2) is 21.3 Å². The van der Waals surface area contributed by atoms with Crippen LogP contribution < -0.4 is 5.32 Å². The molecule has 5 nitrogen and oxygen atoms in total. The Morgan fingerprint density at radius 2 is 1.74 bits per heavy atom. The van der Waals surface area contributed by atoms with Gasteiger partial charge < -0.3 is 10.7 Å². The molecule has 0 bridgehead atoms. The summed E-state index contributed by atoms with van der Waals surface area (Å²) in [5.74, 6) is 0.730. The van der Waals surface area contributed by atoms with E-state index in [1.165, 1.54) is 21.2 Å². The molecule has 0 saturated carbocycles. The Bertz CT molecular complexity index is 1400. The van der Waals surface area contributed by atoms with Crippen molar-refractivity contribution in [3.05, 3.63) is 82.4 Å². The highest BCUT2D eigenvalue weighted by Gasteiger charge is 2.37. The van der Waals surface area contributed by atoms with Gasteiger partial charge in [0.1, 0.15) is 5.82 Å². The van der Waals surface area contributed by atoms with Crippen LogP contribution in [0.1, 0.15) is 93.0 Å². The number of hydrogen-bond donors (Lipinski definition) is 2. The highest BCUT2D eigenvalue weighted by Crippen LogP contribution is 2.41. The molecule has 0 unspecified atom stereocenters. The lowest BCUT2D eigenvalue weighted by molar-refractivity contribution is 0.0998. The van der Waals surface area contributed by atoms with Gasteiger partial charge in [-0.15, -0.1) is 11.3 Å². The standard InChI is InChI=1S/C32H40N4OS/c1-6-15-26(23-16-11-10-12-17-23)34-31-30(22(5)35-36(31)9-4)27(37)20-29(33)32(7-2,8-3)25-21-38-28-19-14-13-18-24(25)28/h10-14,16-19,21,26,33-34H,6-9,15,20H2,1-5H3/t26-/m1/s1. The number of anilines is 1. The summed E-state index contributed by atoms with van der Waals surface area (Å²) in [6.07, 6.45) is 3.61. The Balaban J connectivity index is 1.68. The average Bonchev–Trinajstić information content (AvgIpc) is 3.51. The number of hydrogen-bond acceptors (Lipinski definition) is 5. The zero-order valence-electron chi connectivity index (χ0n) is 23.3. The summed E-state index contributed by atoms with van der Waals surface area (Å²) in [4.78, 5) is 14.0. The molecule has 6 heteroatoms. The summed E-state index contributed by atoms with van der Waals surface area (Å²) in [7, 11) is 0. The Hall–Kier alpha value is -3.25. The number of rotatable bonds is 13. The molecule has 0 aliphatic rings. The van der Waals surface area contributed by atoms with Crippen LogP contribution in [0, 0.1) is 12.3 Å². The van der Waals surface area contributed by atoms with Gasteiger partial charge in [0.2, 0.25) is 0 Å². The monoisotopic (exact) mass is 528 g/mol. The number of nitrogens with zero attached hydrogens (tertiary/aromatic N) is 2. The maximum Gasteiger partial charge on any atom is 0.174 e. The third-order valence-electron chi connectivity index (χ3n) is 7.91. The van der Waals surface area contributed by atoms with Crippen LogP contribution in [0.2, 0.25) is 0 Å². The van der Waals surface area contributed by atoms with Crippen LogP contribution >= 0.6 is 11.3 Å². The van der Waals surface area contributed by atoms with Gasteiger partial charge in [0.25, 0.3) is 0 Å². The number of benzene rings is 2. The quantitative estimate of drug-likeness (QED) is 0.135. The molecule has 0 saturated heterocycles. The average molecular weight is 529 g/mol. The van der Waals surface area contributed by atoms with Crippen molar-refractivity contribution in [3.63, 3.8) is 0 Å². The highest BCUT2D eigenvalue weighted by molar-refractivity contribution is 7.17. The predicted molar refractivity (Wildman–Crippen MR) is 161 cm³/mol. The first-order chi connectivity index (χ1) is 18.4. The van der Waals surface area contributed by atoms with Crippen molar-refractivity contribution >= 4 is 38.7 Å². The Kier molecular flexibility index (Phi) is 8.83. The molecule has 0 aliphatic carbocycles. The Labute approximate surface area is 230 Å². The summed E-state index contributed by atoms with van der Waals surface area (Å²) in [5, 5.41) is 21.1. The second kappa shape index (κ2) is 12.1. The first kappa shape index (κ1) is 27.8. The van der Waals surface area contributed by atoms with E-state index in [1.807, 2.05) is 24.6 Å². The van der Waals surface area contributed by atoms with Crippen molar-refractivity contribution in [2.24, 2.45) is 0 Å². The smallest absolute Gasteiger partial charge is 0.174 e. The van der Waals surface area contributed by atoms with E-state index in [-0.39, 0.29) is 18.2 Å². The molecule has 38 heavy (non-hydrogen) atoms. The van der Waals surface area contributed by atoms with Crippen LogP contribution in [0.5, 0.6) is 0 Å². The van der Waals surface area contributed by atoms with Crippen LogP contribution in [0.4, 0.5) is 5.82 Å². The van der Waals surface area contributed by atoms with Gasteiger partial charge in [-0.2, -0.15) is 5.10 Å². The number of aryl methyl sites for hydroxylation is 2. The summed E-state index contributed by atoms with van der Waals surface area (Å²) in [5.41, 5.74) is 3.72. The third-order valence-corrected chi connectivity index (χ3v) is 8.88. The van der Waals surface area contributed by atoms with E-state index >= 15 is 0 Å². The third kappa shape index (κ3) is 5.19. The fraction of sp³-hybridized carbons (Fsp3) is 0.406.